The van der Waals surface area contributed by atoms with E-state index in [-0.39, 0.29) is 5.78 Å². The maximum atomic E-state index is 11.3. The Labute approximate surface area is 115 Å². The summed E-state index contributed by atoms with van der Waals surface area (Å²) >= 11 is 1.77. The number of fused-ring (bicyclic) bond motifs is 1. The molecule has 1 heterocycles. The van der Waals surface area contributed by atoms with Crippen molar-refractivity contribution in [1.82, 2.24) is 0 Å². The van der Waals surface area contributed by atoms with E-state index in [2.05, 4.69) is 35.9 Å². The molecule has 0 aliphatic heterocycles. The van der Waals surface area contributed by atoms with Crippen LogP contribution < -0.4 is 4.57 Å². The zero-order valence-corrected chi connectivity index (χ0v) is 11.7. The lowest BCUT2D eigenvalue weighted by molar-refractivity contribution is -0.629. The minimum absolute atomic E-state index is 0.104. The van der Waals surface area contributed by atoms with Crippen molar-refractivity contribution in [3.05, 3.63) is 54.1 Å². The molecule has 2 nitrogen and oxygen atoms in total. The van der Waals surface area contributed by atoms with Crippen LogP contribution in [-0.2, 0) is 7.05 Å². The van der Waals surface area contributed by atoms with Crippen molar-refractivity contribution in [2.45, 2.75) is 6.92 Å². The van der Waals surface area contributed by atoms with Crippen LogP contribution in [-0.4, -0.2) is 5.78 Å². The second kappa shape index (κ2) is 4.59. The molecular weight excluding hydrogens is 254 g/mol. The Bertz CT molecular complexity index is 756. The maximum Gasteiger partial charge on any atom is 0.269 e. The van der Waals surface area contributed by atoms with Gasteiger partial charge in [0.2, 0.25) is 5.52 Å². The summed E-state index contributed by atoms with van der Waals surface area (Å²) in [6, 6.07) is 16.2. The summed E-state index contributed by atoms with van der Waals surface area (Å²) in [6.45, 7) is 1.59. The first-order chi connectivity index (χ1) is 9.16. The number of hydrogen-bond acceptors (Lipinski definition) is 2. The van der Waals surface area contributed by atoms with Crippen LogP contribution in [0.15, 0.2) is 48.5 Å². The summed E-state index contributed by atoms with van der Waals surface area (Å²) in [5.74, 6) is 0.104. The van der Waals surface area contributed by atoms with Gasteiger partial charge in [-0.25, -0.2) is 0 Å². The van der Waals surface area contributed by atoms with Gasteiger partial charge in [-0.2, -0.15) is 4.57 Å². The number of carbonyl (C=O) groups excluding carboxylic acids is 1. The Morgan fingerprint density at radius 2 is 1.74 bits per heavy atom. The van der Waals surface area contributed by atoms with Gasteiger partial charge < -0.3 is 0 Å². The fourth-order valence-corrected chi connectivity index (χ4v) is 3.36. The van der Waals surface area contributed by atoms with Crippen molar-refractivity contribution in [3.8, 4) is 10.6 Å². The van der Waals surface area contributed by atoms with Gasteiger partial charge in [-0.15, -0.1) is 0 Å². The van der Waals surface area contributed by atoms with Crippen LogP contribution in [0.5, 0.6) is 0 Å². The molecule has 0 saturated carbocycles. The fourth-order valence-electron chi connectivity index (χ4n) is 2.20. The fraction of sp³-hybridized carbons (Fsp3) is 0.125. The van der Waals surface area contributed by atoms with E-state index in [0.29, 0.717) is 0 Å². The first kappa shape index (κ1) is 12.1. The topological polar surface area (TPSA) is 20.9 Å². The Kier molecular flexibility index (Phi) is 2.91. The number of rotatable bonds is 2. The van der Waals surface area contributed by atoms with Crippen LogP contribution >= 0.6 is 11.3 Å². The van der Waals surface area contributed by atoms with Crippen molar-refractivity contribution in [2.24, 2.45) is 7.05 Å². The second-order valence-electron chi connectivity index (χ2n) is 4.57. The Hall–Kier alpha value is -2.00. The highest BCUT2D eigenvalue weighted by Crippen LogP contribution is 2.28. The molecule has 0 radical (unpaired) electrons. The molecule has 3 aromatic rings. The smallest absolute Gasteiger partial charge is 0.269 e. The summed E-state index contributed by atoms with van der Waals surface area (Å²) < 4.78 is 3.47. The molecular formula is C16H14NOS+. The van der Waals surface area contributed by atoms with Gasteiger partial charge in [0.25, 0.3) is 5.01 Å². The molecule has 0 atom stereocenters. The van der Waals surface area contributed by atoms with E-state index in [1.54, 1.807) is 18.3 Å². The predicted octanol–water partition coefficient (Wildman–Crippen LogP) is 3.60. The lowest BCUT2D eigenvalue weighted by Gasteiger charge is -1.97. The molecule has 0 unspecified atom stereocenters. The van der Waals surface area contributed by atoms with Gasteiger partial charge in [0, 0.05) is 11.6 Å². The highest BCUT2D eigenvalue weighted by Gasteiger charge is 2.18. The highest BCUT2D eigenvalue weighted by molar-refractivity contribution is 7.21. The highest BCUT2D eigenvalue weighted by atomic mass is 32.1. The molecule has 3 rings (SSSR count). The third-order valence-electron chi connectivity index (χ3n) is 3.28. The van der Waals surface area contributed by atoms with Gasteiger partial charge in [-0.3, -0.25) is 4.79 Å². The molecule has 0 N–H and O–H groups in total. The monoisotopic (exact) mass is 268 g/mol. The number of nitrogens with zero attached hydrogens (tertiary/aromatic N) is 1. The summed E-state index contributed by atoms with van der Waals surface area (Å²) in [5, 5.41) is 1.20. The number of benzene rings is 2. The van der Waals surface area contributed by atoms with Crippen molar-refractivity contribution in [1.29, 1.82) is 0 Å². The molecule has 0 amide bonds. The third-order valence-corrected chi connectivity index (χ3v) is 4.54. The van der Waals surface area contributed by atoms with Crippen molar-refractivity contribution < 1.29 is 9.36 Å². The number of Topliss-reactive ketones (excluding diaryl/α,β-unsaturated/α-hetero) is 1. The van der Waals surface area contributed by atoms with Crippen molar-refractivity contribution >= 4 is 27.3 Å². The molecule has 0 saturated heterocycles. The van der Waals surface area contributed by atoms with Gasteiger partial charge in [-0.1, -0.05) is 35.6 Å². The number of para-hydroxylation sites is 1. The van der Waals surface area contributed by atoms with E-state index >= 15 is 0 Å². The molecule has 0 spiro atoms. The average molecular weight is 268 g/mol. The Balaban J connectivity index is 2.13. The zero-order valence-electron chi connectivity index (χ0n) is 10.9. The number of hydrogen-bond donors (Lipinski definition) is 0. The Morgan fingerprint density at radius 1 is 1.05 bits per heavy atom. The van der Waals surface area contributed by atoms with Crippen LogP contribution in [0.3, 0.4) is 0 Å². The second-order valence-corrected chi connectivity index (χ2v) is 5.60. The molecule has 0 aliphatic rings. The third kappa shape index (κ3) is 2.06. The van der Waals surface area contributed by atoms with Crippen LogP contribution in [0, 0.1) is 0 Å². The molecule has 0 bridgehead atoms. The van der Waals surface area contributed by atoms with E-state index in [0.717, 1.165) is 11.1 Å². The van der Waals surface area contributed by atoms with Gasteiger partial charge >= 0.3 is 0 Å². The largest absolute Gasteiger partial charge is 0.295 e. The summed E-state index contributed by atoms with van der Waals surface area (Å²) in [6.07, 6.45) is 0. The molecule has 2 aromatic carbocycles. The molecule has 19 heavy (non-hydrogen) atoms. The number of aryl methyl sites for hydroxylation is 1. The zero-order chi connectivity index (χ0) is 13.4. The van der Waals surface area contributed by atoms with Crippen LogP contribution in [0.2, 0.25) is 0 Å². The standard InChI is InChI=1S/C16H14NOS/c1-11(18)12-7-9-13(10-8-12)16-17(2)14-5-3-4-6-15(14)19-16/h3-10H,1-2H3/q+1. The quantitative estimate of drug-likeness (QED) is 0.514. The van der Waals surface area contributed by atoms with Crippen LogP contribution in [0.25, 0.3) is 20.8 Å². The van der Waals surface area contributed by atoms with Gasteiger partial charge in [-0.05, 0) is 25.1 Å². The van der Waals surface area contributed by atoms with Gasteiger partial charge in [0.1, 0.15) is 11.7 Å². The molecule has 0 aliphatic carbocycles. The first-order valence-corrected chi connectivity index (χ1v) is 6.97. The van der Waals surface area contributed by atoms with E-state index in [9.17, 15) is 4.79 Å². The average Bonchev–Trinajstić information content (AvgIpc) is 2.77. The van der Waals surface area contributed by atoms with Gasteiger partial charge in [0.05, 0.1) is 5.56 Å². The number of aromatic nitrogens is 1. The maximum absolute atomic E-state index is 11.3. The van der Waals surface area contributed by atoms with E-state index in [1.807, 2.05) is 24.3 Å². The Morgan fingerprint density at radius 3 is 2.37 bits per heavy atom. The molecule has 1 aromatic heterocycles. The molecule has 3 heteroatoms. The summed E-state index contributed by atoms with van der Waals surface area (Å²) in [5.41, 5.74) is 3.14. The minimum Gasteiger partial charge on any atom is -0.295 e. The minimum atomic E-state index is 0.104. The van der Waals surface area contributed by atoms with Crippen molar-refractivity contribution in [3.63, 3.8) is 0 Å². The first-order valence-electron chi connectivity index (χ1n) is 6.16. The number of ketones is 1. The summed E-state index contributed by atoms with van der Waals surface area (Å²) in [4.78, 5) is 11.3. The van der Waals surface area contributed by atoms with Crippen molar-refractivity contribution in [2.75, 3.05) is 0 Å². The number of thiazole rings is 1. The van der Waals surface area contributed by atoms with E-state index < -0.39 is 0 Å². The normalized spacial score (nSPS) is 10.8. The SMILES string of the molecule is CC(=O)c1ccc(-c2sc3ccccc3[n+]2C)cc1. The van der Waals surface area contributed by atoms with Gasteiger partial charge in [0.15, 0.2) is 5.78 Å². The lowest BCUT2D eigenvalue weighted by atomic mass is 10.1. The molecule has 0 fully saturated rings. The predicted molar refractivity (Wildman–Crippen MR) is 78.4 cm³/mol. The molecule has 94 valence electrons. The lowest BCUT2D eigenvalue weighted by Crippen LogP contribution is -2.28. The number of carbonyl (C=O) groups is 1. The van der Waals surface area contributed by atoms with Crippen LogP contribution in [0.1, 0.15) is 17.3 Å². The van der Waals surface area contributed by atoms with E-state index in [4.69, 9.17) is 0 Å². The van der Waals surface area contributed by atoms with E-state index in [1.165, 1.54) is 15.2 Å². The summed E-state index contributed by atoms with van der Waals surface area (Å²) in [7, 11) is 2.08. The van der Waals surface area contributed by atoms with Crippen LogP contribution in [0.4, 0.5) is 0 Å².